The number of hydrogen-bond donors (Lipinski definition) is 3. The average molecular weight is 285 g/mol. The van der Waals surface area contributed by atoms with Gasteiger partial charge in [0.05, 0.1) is 6.61 Å². The van der Waals surface area contributed by atoms with Crippen molar-refractivity contribution in [3.05, 3.63) is 36.9 Å². The van der Waals surface area contributed by atoms with Gasteiger partial charge in [-0.2, -0.15) is 0 Å². The standard InChI is InChI=1S/C11H17NO2.C2H6.C2H4.CH4O/c1-3-12(6-7-13)11-5-4-10(14)8-9(11)2;3*1-2/h4-5,8,13-14H,3,6-7H2,1-2H3;1-2H3;1-2H2;2H,1H3. The molecule has 4 heteroatoms. The van der Waals surface area contributed by atoms with Gasteiger partial charge in [-0.05, 0) is 37.6 Å². The minimum Gasteiger partial charge on any atom is -0.508 e. The first kappa shape index (κ1) is 23.6. The SMILES string of the molecule is C=C.CC.CCN(CCO)c1ccc(O)cc1C.CO. The molecule has 0 heterocycles. The highest BCUT2D eigenvalue weighted by atomic mass is 16.3. The van der Waals surface area contributed by atoms with E-state index in [4.69, 9.17) is 10.2 Å². The molecule has 0 aliphatic carbocycles. The van der Waals surface area contributed by atoms with Crippen molar-refractivity contribution >= 4 is 5.69 Å². The molecule has 0 aliphatic heterocycles. The van der Waals surface area contributed by atoms with E-state index >= 15 is 0 Å². The highest BCUT2D eigenvalue weighted by molar-refractivity contribution is 5.55. The van der Waals surface area contributed by atoms with E-state index in [1.807, 2.05) is 33.8 Å². The Morgan fingerprint density at radius 1 is 1.15 bits per heavy atom. The zero-order valence-electron chi connectivity index (χ0n) is 13.6. The van der Waals surface area contributed by atoms with E-state index in [0.29, 0.717) is 6.54 Å². The van der Waals surface area contributed by atoms with Crippen molar-refractivity contribution in [1.82, 2.24) is 0 Å². The lowest BCUT2D eigenvalue weighted by molar-refractivity contribution is 0.302. The molecule has 0 aromatic heterocycles. The molecule has 0 fully saturated rings. The molecule has 0 amide bonds. The van der Waals surface area contributed by atoms with Gasteiger partial charge >= 0.3 is 0 Å². The molecule has 0 aliphatic rings. The van der Waals surface area contributed by atoms with E-state index in [-0.39, 0.29) is 12.4 Å². The van der Waals surface area contributed by atoms with E-state index in [1.54, 1.807) is 12.1 Å². The van der Waals surface area contributed by atoms with Crippen molar-refractivity contribution < 1.29 is 15.3 Å². The third-order valence-corrected chi connectivity index (χ3v) is 2.27. The molecule has 118 valence electrons. The number of anilines is 1. The topological polar surface area (TPSA) is 63.9 Å². The Hall–Kier alpha value is -1.52. The average Bonchev–Trinajstić information content (AvgIpc) is 2.51. The van der Waals surface area contributed by atoms with Crippen LogP contribution in [0.15, 0.2) is 31.4 Å². The zero-order chi connectivity index (χ0) is 16.6. The van der Waals surface area contributed by atoms with Crippen molar-refractivity contribution in [2.45, 2.75) is 27.7 Å². The highest BCUT2D eigenvalue weighted by Gasteiger charge is 2.06. The van der Waals surface area contributed by atoms with E-state index < -0.39 is 0 Å². The molecule has 0 atom stereocenters. The summed E-state index contributed by atoms with van der Waals surface area (Å²) in [5.41, 5.74) is 2.10. The fourth-order valence-electron chi connectivity index (χ4n) is 1.56. The molecule has 3 N–H and O–H groups in total. The summed E-state index contributed by atoms with van der Waals surface area (Å²) in [5.74, 6) is 0.284. The molecule has 0 saturated carbocycles. The molecule has 0 bridgehead atoms. The van der Waals surface area contributed by atoms with Crippen LogP contribution in [-0.4, -0.2) is 42.1 Å². The normalized spacial score (nSPS) is 7.95. The van der Waals surface area contributed by atoms with Gasteiger partial charge in [0.25, 0.3) is 0 Å². The number of phenolic OH excluding ortho intramolecular Hbond substituents is 1. The first-order valence-electron chi connectivity index (χ1n) is 6.79. The molecule has 1 aromatic carbocycles. The van der Waals surface area contributed by atoms with Crippen LogP contribution in [0.2, 0.25) is 0 Å². The number of aliphatic hydroxyl groups excluding tert-OH is 2. The zero-order valence-corrected chi connectivity index (χ0v) is 13.6. The third kappa shape index (κ3) is 9.42. The molecule has 0 radical (unpaired) electrons. The van der Waals surface area contributed by atoms with Crippen molar-refractivity contribution in [2.24, 2.45) is 0 Å². The maximum atomic E-state index is 9.25. The minimum atomic E-state index is 0.147. The first-order chi connectivity index (χ1) is 9.69. The fraction of sp³-hybridized carbons (Fsp3) is 0.500. The number of aryl methyl sites for hydroxylation is 1. The lowest BCUT2D eigenvalue weighted by Gasteiger charge is -2.23. The quantitative estimate of drug-likeness (QED) is 0.744. The summed E-state index contributed by atoms with van der Waals surface area (Å²) in [6, 6.07) is 5.28. The molecule has 0 saturated heterocycles. The van der Waals surface area contributed by atoms with E-state index in [0.717, 1.165) is 24.9 Å². The maximum absolute atomic E-state index is 9.25. The van der Waals surface area contributed by atoms with Crippen LogP contribution in [0.3, 0.4) is 0 Å². The Bertz CT molecular complexity index is 317. The number of hydrogen-bond acceptors (Lipinski definition) is 4. The largest absolute Gasteiger partial charge is 0.508 e. The van der Waals surface area contributed by atoms with Crippen molar-refractivity contribution in [2.75, 3.05) is 31.7 Å². The fourth-order valence-corrected chi connectivity index (χ4v) is 1.56. The van der Waals surface area contributed by atoms with Gasteiger partial charge in [-0.3, -0.25) is 0 Å². The summed E-state index contributed by atoms with van der Waals surface area (Å²) in [7, 11) is 1.00. The second-order valence-corrected chi connectivity index (χ2v) is 3.27. The lowest BCUT2D eigenvalue weighted by atomic mass is 10.1. The highest BCUT2D eigenvalue weighted by Crippen LogP contribution is 2.23. The molecule has 1 aromatic rings. The van der Waals surface area contributed by atoms with Gasteiger partial charge in [0.2, 0.25) is 0 Å². The van der Waals surface area contributed by atoms with Crippen LogP contribution in [0, 0.1) is 6.92 Å². The van der Waals surface area contributed by atoms with Gasteiger partial charge < -0.3 is 20.2 Å². The second-order valence-electron chi connectivity index (χ2n) is 3.27. The van der Waals surface area contributed by atoms with Gasteiger partial charge in [-0.1, -0.05) is 13.8 Å². The maximum Gasteiger partial charge on any atom is 0.115 e. The van der Waals surface area contributed by atoms with Crippen LogP contribution in [0.1, 0.15) is 26.3 Å². The molecule has 1 rings (SSSR count). The van der Waals surface area contributed by atoms with Gasteiger partial charge in [0.15, 0.2) is 0 Å². The molecule has 0 spiro atoms. The van der Waals surface area contributed by atoms with E-state index in [1.165, 1.54) is 0 Å². The minimum absolute atomic E-state index is 0.147. The van der Waals surface area contributed by atoms with Crippen LogP contribution in [0.4, 0.5) is 5.69 Å². The van der Waals surface area contributed by atoms with Crippen molar-refractivity contribution in [3.8, 4) is 5.75 Å². The number of rotatable bonds is 4. The van der Waals surface area contributed by atoms with Crippen LogP contribution in [0.5, 0.6) is 5.75 Å². The number of likely N-dealkylation sites (N-methyl/N-ethyl adjacent to an activating group) is 1. The van der Waals surface area contributed by atoms with Crippen LogP contribution >= 0.6 is 0 Å². The predicted molar refractivity (Wildman–Crippen MR) is 88.6 cm³/mol. The summed E-state index contributed by atoms with van der Waals surface area (Å²) in [6.45, 7) is 15.6. The summed E-state index contributed by atoms with van der Waals surface area (Å²) < 4.78 is 0. The second kappa shape index (κ2) is 17.5. The first-order valence-corrected chi connectivity index (χ1v) is 6.79. The number of nitrogens with zero attached hydrogens (tertiary/aromatic N) is 1. The Morgan fingerprint density at radius 2 is 1.65 bits per heavy atom. The lowest BCUT2D eigenvalue weighted by Crippen LogP contribution is -2.26. The molecule has 4 nitrogen and oxygen atoms in total. The Kier molecular flexibility index (Phi) is 20.6. The Morgan fingerprint density at radius 3 is 2.00 bits per heavy atom. The Labute approximate surface area is 124 Å². The van der Waals surface area contributed by atoms with Gasteiger partial charge in [-0.15, -0.1) is 13.2 Å². The molecular formula is C16H31NO3. The van der Waals surface area contributed by atoms with Gasteiger partial charge in [0, 0.05) is 25.9 Å². The third-order valence-electron chi connectivity index (χ3n) is 2.27. The van der Waals surface area contributed by atoms with Crippen molar-refractivity contribution in [1.29, 1.82) is 0 Å². The Balaban J connectivity index is -0.000000425. The number of aliphatic hydroxyl groups is 2. The van der Waals surface area contributed by atoms with Crippen LogP contribution in [0.25, 0.3) is 0 Å². The van der Waals surface area contributed by atoms with Gasteiger partial charge in [-0.25, -0.2) is 0 Å². The summed E-state index contributed by atoms with van der Waals surface area (Å²) in [5, 5.41) is 25.1. The smallest absolute Gasteiger partial charge is 0.115 e. The van der Waals surface area contributed by atoms with E-state index in [9.17, 15) is 5.11 Å². The molecule has 20 heavy (non-hydrogen) atoms. The van der Waals surface area contributed by atoms with Crippen LogP contribution < -0.4 is 4.90 Å². The number of benzene rings is 1. The summed E-state index contributed by atoms with van der Waals surface area (Å²) in [6.07, 6.45) is 0. The number of phenols is 1. The van der Waals surface area contributed by atoms with E-state index in [2.05, 4.69) is 18.1 Å². The summed E-state index contributed by atoms with van der Waals surface area (Å²) >= 11 is 0. The van der Waals surface area contributed by atoms with Crippen LogP contribution in [-0.2, 0) is 0 Å². The molecule has 0 unspecified atom stereocenters. The van der Waals surface area contributed by atoms with Gasteiger partial charge in [0.1, 0.15) is 5.75 Å². The predicted octanol–water partition coefficient (Wildman–Crippen LogP) is 2.96. The molecular weight excluding hydrogens is 254 g/mol. The number of aromatic hydroxyl groups is 1. The summed E-state index contributed by atoms with van der Waals surface area (Å²) in [4.78, 5) is 2.08. The monoisotopic (exact) mass is 285 g/mol. The van der Waals surface area contributed by atoms with Crippen molar-refractivity contribution in [3.63, 3.8) is 0 Å².